The number of hydrogen-bond donors (Lipinski definition) is 10. The zero-order chi connectivity index (χ0) is 51.9. The molecule has 2 aliphatic heterocycles. The molecule has 2 aromatic heterocycles. The summed E-state index contributed by atoms with van der Waals surface area (Å²) >= 11 is 1.18. The summed E-state index contributed by atoms with van der Waals surface area (Å²) in [5, 5.41) is 38.8. The number of carbonyl (C=O) groups is 3. The van der Waals surface area contributed by atoms with Crippen LogP contribution in [-0.4, -0.2) is 146 Å². The maximum Gasteiger partial charge on any atom is 0.481 e. The van der Waals surface area contributed by atoms with E-state index >= 15 is 0 Å². The molecule has 4 heterocycles. The van der Waals surface area contributed by atoms with Crippen LogP contribution in [0.2, 0.25) is 0 Å². The molecule has 398 valence electrons. The van der Waals surface area contributed by atoms with Gasteiger partial charge in [-0.05, 0) is 62.7 Å². The monoisotopic (exact) mass is 1080 g/mol. The van der Waals surface area contributed by atoms with Crippen LogP contribution in [0.15, 0.2) is 12.7 Å². The number of carbonyl (C=O) groups excluding carboxylic acids is 3. The van der Waals surface area contributed by atoms with Crippen LogP contribution in [0.5, 0.6) is 0 Å². The summed E-state index contributed by atoms with van der Waals surface area (Å²) in [5.74, 6) is -0.341. The SMILES string of the molecule is CC(C)(COP(=O)(O)OP(=O)(O)OC[C@H]1O[C@@H](n2cnc3c(N)ncnc32)[C@H](O)[C@@H]1OP(=O)(O)O)[C@@H](O)C(=O)NCCC(=O)NCCSC(=O)C1(C)CCC[C@]2(C)[C@@H]1C[C@@H](O)[C@@]13C[C@H]4C(C[C@@H]21)OC4(C)C3. The standard InChI is InChI=1S/C41H64N7O19P3S/c1-37(2,18-63-70(60,61)67-69(58,59)62-16-23-30(66-68(55,56)57)29(51)35(64-23)48-20-47-28-32(42)45-19-46-33(28)48)31(52)34(53)44-10-7-27(50)43-11-12-71-36(54)39(4)9-6-8-38(3)24(39)14-26(49)41-15-21-22(13-25(38)41)65-40(21,5)17-41/h19-26,29-31,35,49,51-52H,6-18H2,1-5H3,(H,43,50)(H,44,53)(H,58,59)(H,60,61)(H2,42,45,46)(H2,55,56,57)/t21-,22?,23+,24-,25-,26+,29+,30+,31-,35+,38+,39?,40?,41+/m0/s1. The van der Waals surface area contributed by atoms with E-state index in [9.17, 15) is 63.0 Å². The molecule has 71 heavy (non-hydrogen) atoms. The van der Waals surface area contributed by atoms with E-state index in [4.69, 9.17) is 24.3 Å². The second-order valence-electron chi connectivity index (χ2n) is 21.3. The van der Waals surface area contributed by atoms with Crippen LogP contribution in [0.25, 0.3) is 11.2 Å². The molecule has 4 saturated carbocycles. The van der Waals surface area contributed by atoms with Gasteiger partial charge in [0.15, 0.2) is 22.8 Å². The van der Waals surface area contributed by atoms with Gasteiger partial charge in [0.2, 0.25) is 11.8 Å². The van der Waals surface area contributed by atoms with Crippen molar-refractivity contribution in [3.8, 4) is 0 Å². The number of nitrogens with zero attached hydrogens (tertiary/aromatic N) is 4. The maximum atomic E-state index is 14.0. The average Bonchev–Trinajstić information content (AvgIpc) is 3.84. The molecule has 6 fully saturated rings. The van der Waals surface area contributed by atoms with Gasteiger partial charge in [-0.1, -0.05) is 45.9 Å². The number of thioether (sulfide) groups is 1. The van der Waals surface area contributed by atoms with Gasteiger partial charge in [-0.3, -0.25) is 32.5 Å². The lowest BCUT2D eigenvalue weighted by Gasteiger charge is -2.65. The molecular weight excluding hydrogens is 1020 g/mol. The molecule has 11 N–H and O–H groups in total. The summed E-state index contributed by atoms with van der Waals surface area (Å²) in [5.41, 5.74) is 3.21. The normalized spacial score (nSPS) is 37.5. The molecule has 5 unspecified atom stereocenters. The Hall–Kier alpha value is -2.52. The van der Waals surface area contributed by atoms with Crippen LogP contribution >= 0.6 is 35.2 Å². The number of nitrogen functional groups attached to an aromatic ring is 1. The van der Waals surface area contributed by atoms with E-state index < -0.39 is 96.1 Å². The minimum atomic E-state index is -5.60. The lowest BCUT2D eigenvalue weighted by atomic mass is 9.40. The molecule has 4 aliphatic carbocycles. The highest BCUT2D eigenvalue weighted by molar-refractivity contribution is 8.13. The van der Waals surface area contributed by atoms with Gasteiger partial charge < -0.3 is 60.7 Å². The summed E-state index contributed by atoms with van der Waals surface area (Å²) in [7, 11) is -16.5. The summed E-state index contributed by atoms with van der Waals surface area (Å²) in [6.07, 6.45) is -1.20. The molecule has 2 amide bonds. The predicted octanol–water partition coefficient (Wildman–Crippen LogP) is 1.82. The molecule has 0 aromatic carbocycles. The summed E-state index contributed by atoms with van der Waals surface area (Å²) in [4.78, 5) is 91.0. The van der Waals surface area contributed by atoms with Crippen molar-refractivity contribution in [3.05, 3.63) is 12.7 Å². The van der Waals surface area contributed by atoms with Gasteiger partial charge in [0.25, 0.3) is 0 Å². The number of hydrogen-bond acceptors (Lipinski definition) is 20. The van der Waals surface area contributed by atoms with Crippen LogP contribution in [0.4, 0.5) is 5.82 Å². The number of phosphoric ester groups is 3. The van der Waals surface area contributed by atoms with Crippen molar-refractivity contribution < 1.29 is 90.3 Å². The number of ether oxygens (including phenoxy) is 2. The Balaban J connectivity index is 0.752. The molecule has 16 atom stereocenters. The van der Waals surface area contributed by atoms with Gasteiger partial charge >= 0.3 is 23.5 Å². The van der Waals surface area contributed by atoms with Crippen molar-refractivity contribution >= 4 is 69.1 Å². The van der Waals surface area contributed by atoms with Crippen LogP contribution < -0.4 is 16.4 Å². The number of phosphoric acid groups is 3. The topological polar surface area (TPSA) is 393 Å². The Labute approximate surface area is 412 Å². The highest BCUT2D eigenvalue weighted by Crippen LogP contribution is 2.76. The highest BCUT2D eigenvalue weighted by Gasteiger charge is 2.76. The quantitative estimate of drug-likeness (QED) is 0.0667. The molecule has 1 spiro atoms. The first kappa shape index (κ1) is 54.7. The number of aromatic nitrogens is 4. The van der Waals surface area contributed by atoms with Gasteiger partial charge in [0.1, 0.15) is 36.3 Å². The number of nitrogens with two attached hydrogens (primary N) is 1. The lowest BCUT2D eigenvalue weighted by molar-refractivity contribution is -0.255. The Morgan fingerprint density at radius 3 is 2.44 bits per heavy atom. The van der Waals surface area contributed by atoms with Crippen LogP contribution in [0.1, 0.15) is 92.2 Å². The maximum absolute atomic E-state index is 14.0. The van der Waals surface area contributed by atoms with Crippen LogP contribution in [0.3, 0.4) is 0 Å². The molecule has 2 saturated heterocycles. The van der Waals surface area contributed by atoms with Crippen molar-refractivity contribution in [1.29, 1.82) is 0 Å². The Morgan fingerprint density at radius 1 is 1.00 bits per heavy atom. The molecular formula is C41H64N7O19P3S. The first-order chi connectivity index (χ1) is 32.9. The molecule has 0 radical (unpaired) electrons. The molecule has 2 bridgehead atoms. The minimum Gasteiger partial charge on any atom is -0.393 e. The molecule has 30 heteroatoms. The minimum absolute atomic E-state index is 0.0180. The number of anilines is 1. The predicted molar refractivity (Wildman–Crippen MR) is 248 cm³/mol. The van der Waals surface area contributed by atoms with Gasteiger partial charge in [-0.25, -0.2) is 28.6 Å². The van der Waals surface area contributed by atoms with Crippen LogP contribution in [-0.2, 0) is 55.4 Å². The third kappa shape index (κ3) is 10.6. The first-order valence-electron chi connectivity index (χ1n) is 23.4. The number of aliphatic hydroxyl groups excluding tert-OH is 3. The van der Waals surface area contributed by atoms with E-state index in [1.807, 2.05) is 6.92 Å². The number of nitrogens with one attached hydrogen (secondary N) is 2. The van der Waals surface area contributed by atoms with E-state index in [1.54, 1.807) is 0 Å². The fraction of sp³-hybridized carbons (Fsp3) is 0.805. The second-order valence-corrected chi connectivity index (χ2v) is 26.6. The van der Waals surface area contributed by atoms with Gasteiger partial charge in [0, 0.05) is 47.4 Å². The number of aliphatic hydroxyl groups is 3. The Kier molecular flexibility index (Phi) is 15.1. The first-order valence-corrected chi connectivity index (χ1v) is 28.9. The third-order valence-corrected chi connectivity index (χ3v) is 20.4. The highest BCUT2D eigenvalue weighted by atomic mass is 32.2. The molecule has 8 rings (SSSR count). The van der Waals surface area contributed by atoms with Gasteiger partial charge in [-0.2, -0.15) is 4.31 Å². The molecule has 26 nitrogen and oxygen atoms in total. The summed E-state index contributed by atoms with van der Waals surface area (Å²) in [6.45, 7) is 7.03. The average molecular weight is 1080 g/mol. The second kappa shape index (κ2) is 19.6. The van der Waals surface area contributed by atoms with E-state index in [0.717, 1.165) is 55.7 Å². The van der Waals surface area contributed by atoms with Crippen LogP contribution in [0, 0.1) is 39.4 Å². The fourth-order valence-corrected chi connectivity index (χ4v) is 16.6. The number of imidazole rings is 1. The van der Waals surface area contributed by atoms with Crippen molar-refractivity contribution in [2.75, 3.05) is 37.8 Å². The van der Waals surface area contributed by atoms with Gasteiger partial charge in [-0.15, -0.1) is 0 Å². The number of rotatable bonds is 20. The smallest absolute Gasteiger partial charge is 0.393 e. The van der Waals surface area contributed by atoms with E-state index in [-0.39, 0.29) is 76.0 Å². The Bertz CT molecular complexity index is 2540. The third-order valence-electron chi connectivity index (χ3n) is 16.2. The summed E-state index contributed by atoms with van der Waals surface area (Å²) < 4.78 is 69.2. The van der Waals surface area contributed by atoms with Crippen molar-refractivity contribution in [3.63, 3.8) is 0 Å². The number of fused-ring (bicyclic) bond motifs is 3. The Morgan fingerprint density at radius 2 is 1.72 bits per heavy atom. The largest absolute Gasteiger partial charge is 0.481 e. The van der Waals surface area contributed by atoms with E-state index in [0.29, 0.717) is 18.1 Å². The van der Waals surface area contributed by atoms with Gasteiger partial charge in [0.05, 0.1) is 37.4 Å². The van der Waals surface area contributed by atoms with E-state index in [2.05, 4.69) is 48.3 Å². The zero-order valence-corrected chi connectivity index (χ0v) is 43.3. The molecule has 6 aliphatic rings. The number of amides is 2. The molecule has 2 aromatic rings. The zero-order valence-electron chi connectivity index (χ0n) is 39.8. The van der Waals surface area contributed by atoms with E-state index in [1.165, 1.54) is 25.6 Å². The lowest BCUT2D eigenvalue weighted by Crippen LogP contribution is -2.64. The van der Waals surface area contributed by atoms with Crippen molar-refractivity contribution in [1.82, 2.24) is 30.2 Å². The summed E-state index contributed by atoms with van der Waals surface area (Å²) in [6, 6.07) is 0. The van der Waals surface area contributed by atoms with Crippen molar-refractivity contribution in [2.45, 2.75) is 134 Å². The van der Waals surface area contributed by atoms with Crippen molar-refractivity contribution in [2.24, 2.45) is 39.4 Å². The fourth-order valence-electron chi connectivity index (χ4n) is 12.8.